The summed E-state index contributed by atoms with van der Waals surface area (Å²) in [6, 6.07) is 25.0. The van der Waals surface area contributed by atoms with Crippen molar-refractivity contribution in [3.8, 4) is 0 Å². The molecule has 0 bridgehead atoms. The van der Waals surface area contributed by atoms with Gasteiger partial charge in [-0.05, 0) is 47.2 Å². The van der Waals surface area contributed by atoms with Gasteiger partial charge in [0.05, 0.1) is 0 Å². The molecule has 5 rings (SSSR count). The zero-order chi connectivity index (χ0) is 17.3. The Morgan fingerprint density at radius 1 is 0.923 bits per heavy atom. The summed E-state index contributed by atoms with van der Waals surface area (Å²) in [5.41, 5.74) is 5.49. The van der Waals surface area contributed by atoms with E-state index in [4.69, 9.17) is 0 Å². The molecule has 2 aliphatic rings. The van der Waals surface area contributed by atoms with Crippen LogP contribution in [0.2, 0.25) is 0 Å². The molecule has 1 fully saturated rings. The van der Waals surface area contributed by atoms with E-state index in [1.54, 1.807) is 0 Å². The number of nitrogens with zero attached hydrogens (tertiary/aromatic N) is 2. The van der Waals surface area contributed by atoms with Crippen LogP contribution in [-0.2, 0) is 6.54 Å². The lowest BCUT2D eigenvalue weighted by molar-refractivity contribution is 0.171. The zero-order valence-corrected chi connectivity index (χ0v) is 14.8. The number of para-hydroxylation sites is 1. The van der Waals surface area contributed by atoms with Crippen LogP contribution < -0.4 is 5.32 Å². The van der Waals surface area contributed by atoms with Gasteiger partial charge in [-0.25, -0.2) is 0 Å². The number of fused-ring (bicyclic) bond motifs is 3. The molecule has 3 aromatic rings. The van der Waals surface area contributed by atoms with E-state index in [0.29, 0.717) is 18.0 Å². The summed E-state index contributed by atoms with van der Waals surface area (Å²) in [5.74, 6) is 0.636. The van der Waals surface area contributed by atoms with E-state index in [1.807, 2.05) is 12.4 Å². The maximum absolute atomic E-state index is 4.19. The number of nitrogens with one attached hydrogen (secondary N) is 1. The van der Waals surface area contributed by atoms with Crippen molar-refractivity contribution < 1.29 is 0 Å². The van der Waals surface area contributed by atoms with E-state index in [1.165, 1.54) is 28.8 Å². The van der Waals surface area contributed by atoms with Gasteiger partial charge in [-0.15, -0.1) is 0 Å². The molecule has 3 unspecified atom stereocenters. The van der Waals surface area contributed by atoms with Crippen LogP contribution in [0.25, 0.3) is 0 Å². The van der Waals surface area contributed by atoms with Gasteiger partial charge in [-0.2, -0.15) is 0 Å². The lowest BCUT2D eigenvalue weighted by atomic mass is 9.88. The minimum Gasteiger partial charge on any atom is -0.384 e. The average molecular weight is 341 g/mol. The topological polar surface area (TPSA) is 28.2 Å². The highest BCUT2D eigenvalue weighted by Gasteiger charge is 2.44. The van der Waals surface area contributed by atoms with Gasteiger partial charge in [0.25, 0.3) is 0 Å². The van der Waals surface area contributed by atoms with Crippen LogP contribution in [0.1, 0.15) is 35.2 Å². The molecule has 3 heteroatoms. The molecule has 0 aliphatic carbocycles. The van der Waals surface area contributed by atoms with Crippen LogP contribution in [0.5, 0.6) is 0 Å². The Morgan fingerprint density at radius 2 is 1.69 bits per heavy atom. The highest BCUT2D eigenvalue weighted by Crippen LogP contribution is 2.51. The minimum atomic E-state index is 0.451. The zero-order valence-electron chi connectivity index (χ0n) is 14.8. The second-order valence-electron chi connectivity index (χ2n) is 7.36. The molecular weight excluding hydrogens is 318 g/mol. The van der Waals surface area contributed by atoms with Crippen molar-refractivity contribution in [3.05, 3.63) is 95.8 Å². The van der Waals surface area contributed by atoms with Gasteiger partial charge in [0.2, 0.25) is 0 Å². The minimum absolute atomic E-state index is 0.451. The van der Waals surface area contributed by atoms with Crippen LogP contribution >= 0.6 is 0 Å². The molecule has 0 radical (unpaired) electrons. The SMILES string of the molecule is c1ccc(C2CC3CNc4ccccc4C3N2Cc2ccncc2)cc1. The van der Waals surface area contributed by atoms with Crippen molar-refractivity contribution in [3.63, 3.8) is 0 Å². The molecule has 0 amide bonds. The number of pyridine rings is 1. The summed E-state index contributed by atoms with van der Waals surface area (Å²) >= 11 is 0. The monoisotopic (exact) mass is 341 g/mol. The fourth-order valence-corrected chi connectivity index (χ4v) is 4.71. The molecular formula is C23H23N3. The highest BCUT2D eigenvalue weighted by molar-refractivity contribution is 5.55. The Kier molecular flexibility index (Phi) is 3.95. The van der Waals surface area contributed by atoms with Crippen LogP contribution in [0.3, 0.4) is 0 Å². The summed E-state index contributed by atoms with van der Waals surface area (Å²) in [7, 11) is 0. The van der Waals surface area contributed by atoms with E-state index in [0.717, 1.165) is 13.1 Å². The first-order valence-electron chi connectivity index (χ1n) is 9.42. The standard InChI is InChI=1S/C23H23N3/c1-2-6-18(7-3-1)22-14-19-15-25-21-9-5-4-8-20(21)23(19)26(22)16-17-10-12-24-13-11-17/h1-13,19,22-23,25H,14-16H2. The quantitative estimate of drug-likeness (QED) is 0.741. The second-order valence-corrected chi connectivity index (χ2v) is 7.36. The van der Waals surface area contributed by atoms with Crippen molar-refractivity contribution in [1.29, 1.82) is 0 Å². The molecule has 3 heterocycles. The third kappa shape index (κ3) is 2.69. The van der Waals surface area contributed by atoms with E-state index in [9.17, 15) is 0 Å². The van der Waals surface area contributed by atoms with Crippen molar-refractivity contribution in [2.45, 2.75) is 25.0 Å². The molecule has 2 aliphatic heterocycles. The lowest BCUT2D eigenvalue weighted by Crippen LogP contribution is -2.32. The molecule has 26 heavy (non-hydrogen) atoms. The third-order valence-electron chi connectivity index (χ3n) is 5.86. The first-order valence-corrected chi connectivity index (χ1v) is 9.42. The van der Waals surface area contributed by atoms with E-state index in [-0.39, 0.29) is 0 Å². The third-order valence-corrected chi connectivity index (χ3v) is 5.86. The van der Waals surface area contributed by atoms with Gasteiger partial charge in [0, 0.05) is 43.3 Å². The fraction of sp³-hybridized carbons (Fsp3) is 0.261. The van der Waals surface area contributed by atoms with Gasteiger partial charge in [-0.3, -0.25) is 9.88 Å². The molecule has 1 N–H and O–H groups in total. The number of rotatable bonds is 3. The van der Waals surface area contributed by atoms with Crippen molar-refractivity contribution in [2.75, 3.05) is 11.9 Å². The Hall–Kier alpha value is -2.65. The van der Waals surface area contributed by atoms with Crippen molar-refractivity contribution in [2.24, 2.45) is 5.92 Å². The van der Waals surface area contributed by atoms with Gasteiger partial charge in [0.15, 0.2) is 0 Å². The molecule has 3 atom stereocenters. The second kappa shape index (κ2) is 6.58. The van der Waals surface area contributed by atoms with Gasteiger partial charge < -0.3 is 5.32 Å². The smallest absolute Gasteiger partial charge is 0.0423 e. The Morgan fingerprint density at radius 3 is 2.54 bits per heavy atom. The number of likely N-dealkylation sites (tertiary alicyclic amines) is 1. The number of aromatic nitrogens is 1. The Bertz CT molecular complexity index is 878. The van der Waals surface area contributed by atoms with Crippen LogP contribution in [0.4, 0.5) is 5.69 Å². The molecule has 0 saturated carbocycles. The number of anilines is 1. The molecule has 3 nitrogen and oxygen atoms in total. The predicted octanol–water partition coefficient (Wildman–Crippen LogP) is 4.81. The van der Waals surface area contributed by atoms with Crippen molar-refractivity contribution in [1.82, 2.24) is 9.88 Å². The van der Waals surface area contributed by atoms with Crippen LogP contribution in [0.15, 0.2) is 79.1 Å². The molecule has 130 valence electrons. The van der Waals surface area contributed by atoms with E-state index < -0.39 is 0 Å². The number of hydrogen-bond donors (Lipinski definition) is 1. The van der Waals surface area contributed by atoms with E-state index in [2.05, 4.69) is 81.9 Å². The van der Waals surface area contributed by atoms with E-state index >= 15 is 0 Å². The summed E-state index contributed by atoms with van der Waals surface area (Å²) in [5, 5.41) is 3.65. The molecule has 0 spiro atoms. The normalized spacial score (nSPS) is 24.5. The molecule has 2 aromatic carbocycles. The Labute approximate surface area is 154 Å². The lowest BCUT2D eigenvalue weighted by Gasteiger charge is -2.36. The van der Waals surface area contributed by atoms with Crippen LogP contribution in [-0.4, -0.2) is 16.4 Å². The van der Waals surface area contributed by atoms with Crippen LogP contribution in [0, 0.1) is 5.92 Å². The number of benzene rings is 2. The van der Waals surface area contributed by atoms with Crippen molar-refractivity contribution >= 4 is 5.69 Å². The summed E-state index contributed by atoms with van der Waals surface area (Å²) in [4.78, 5) is 6.89. The molecule has 1 aromatic heterocycles. The number of hydrogen-bond acceptors (Lipinski definition) is 3. The van der Waals surface area contributed by atoms with Gasteiger partial charge >= 0.3 is 0 Å². The van der Waals surface area contributed by atoms with Gasteiger partial charge in [-0.1, -0.05) is 48.5 Å². The summed E-state index contributed by atoms with van der Waals surface area (Å²) in [6.45, 7) is 2.01. The summed E-state index contributed by atoms with van der Waals surface area (Å²) < 4.78 is 0. The first-order chi connectivity index (χ1) is 12.9. The van der Waals surface area contributed by atoms with Gasteiger partial charge in [0.1, 0.15) is 0 Å². The molecule has 1 saturated heterocycles. The fourth-order valence-electron chi connectivity index (χ4n) is 4.71. The first kappa shape index (κ1) is 15.6. The average Bonchev–Trinajstić information content (AvgIpc) is 3.08. The summed E-state index contributed by atoms with van der Waals surface area (Å²) in [6.07, 6.45) is 4.99. The maximum Gasteiger partial charge on any atom is 0.0423 e. The highest BCUT2D eigenvalue weighted by atomic mass is 15.2. The predicted molar refractivity (Wildman–Crippen MR) is 105 cm³/mol. The Balaban J connectivity index is 1.57. The largest absolute Gasteiger partial charge is 0.384 e. The maximum atomic E-state index is 4.19.